The van der Waals surface area contributed by atoms with Crippen LogP contribution in [-0.4, -0.2) is 21.6 Å². The first-order valence-electron chi connectivity index (χ1n) is 8.20. The molecule has 3 rings (SSSR count). The van der Waals surface area contributed by atoms with Gasteiger partial charge in [0, 0.05) is 29.6 Å². The van der Waals surface area contributed by atoms with Crippen LogP contribution in [0.5, 0.6) is 0 Å². The molecule has 1 aliphatic rings. The Balaban J connectivity index is 1.97. The van der Waals surface area contributed by atoms with E-state index in [-0.39, 0.29) is 11.3 Å². The van der Waals surface area contributed by atoms with Crippen molar-refractivity contribution >= 4 is 28.9 Å². The first-order valence-corrected chi connectivity index (χ1v) is 8.20. The molecule has 1 aromatic carbocycles. The molecule has 4 heteroatoms. The van der Waals surface area contributed by atoms with Gasteiger partial charge in [0.1, 0.15) is 0 Å². The van der Waals surface area contributed by atoms with Crippen LogP contribution in [0.15, 0.2) is 48.7 Å². The summed E-state index contributed by atoms with van der Waals surface area (Å²) in [7, 11) is 0. The van der Waals surface area contributed by atoms with E-state index in [1.807, 2.05) is 24.3 Å². The lowest BCUT2D eigenvalue weighted by Gasteiger charge is -2.28. The molecule has 0 bridgehead atoms. The highest BCUT2D eigenvalue weighted by Gasteiger charge is 2.27. The number of carbonyl (C=O) groups excluding carboxylic acids is 1. The molecule has 0 saturated carbocycles. The molecule has 0 amide bonds. The Hall–Kier alpha value is -2.62. The number of carboxylic acid groups (broad SMARTS) is 1. The maximum absolute atomic E-state index is 12.9. The van der Waals surface area contributed by atoms with Crippen LogP contribution < -0.4 is 0 Å². The second kappa shape index (κ2) is 6.48. The number of hydrogen-bond acceptors (Lipinski definition) is 2. The number of nitrogens with zero attached hydrogens (tertiary/aromatic N) is 1. The average Bonchev–Trinajstić information content (AvgIpc) is 2.92. The van der Waals surface area contributed by atoms with Gasteiger partial charge in [0.2, 0.25) is 5.91 Å². The molecule has 0 fully saturated rings. The first-order chi connectivity index (χ1) is 11.5. The summed E-state index contributed by atoms with van der Waals surface area (Å²) < 4.78 is 1.66. The number of rotatable bonds is 4. The second-order valence-corrected chi connectivity index (χ2v) is 6.66. The summed E-state index contributed by atoms with van der Waals surface area (Å²) >= 11 is 0. The number of fused-ring (bicyclic) bond motifs is 1. The summed E-state index contributed by atoms with van der Waals surface area (Å²) in [4.78, 5) is 23.7. The molecule has 2 aromatic rings. The van der Waals surface area contributed by atoms with Crippen molar-refractivity contribution in [3.05, 3.63) is 54.3 Å². The fraction of sp³-hybridized carbons (Fsp3) is 0.300. The minimum absolute atomic E-state index is 0.0372. The molecule has 1 N–H and O–H groups in total. The molecule has 24 heavy (non-hydrogen) atoms. The number of aromatic nitrogens is 1. The van der Waals surface area contributed by atoms with Crippen molar-refractivity contribution in [3.8, 4) is 0 Å². The number of para-hydroxylation sites is 1. The minimum atomic E-state index is -1.00. The second-order valence-electron chi connectivity index (χ2n) is 6.66. The Kier molecular flexibility index (Phi) is 4.38. The number of carbonyl (C=O) groups is 2. The van der Waals surface area contributed by atoms with Crippen molar-refractivity contribution < 1.29 is 14.7 Å². The van der Waals surface area contributed by atoms with Gasteiger partial charge in [0.15, 0.2) is 0 Å². The Bertz CT molecular complexity index is 844. The number of carboxylic acids is 1. The van der Waals surface area contributed by atoms with E-state index >= 15 is 0 Å². The topological polar surface area (TPSA) is 59.3 Å². The highest BCUT2D eigenvalue weighted by atomic mass is 16.4. The van der Waals surface area contributed by atoms with E-state index in [1.54, 1.807) is 10.8 Å². The lowest BCUT2D eigenvalue weighted by Crippen LogP contribution is -2.23. The molecule has 1 heterocycles. The highest BCUT2D eigenvalue weighted by Crippen LogP contribution is 2.35. The highest BCUT2D eigenvalue weighted by molar-refractivity contribution is 5.99. The van der Waals surface area contributed by atoms with Gasteiger partial charge in [-0.25, -0.2) is 4.79 Å². The predicted molar refractivity (Wildman–Crippen MR) is 94.9 cm³/mol. The third-order valence-electron chi connectivity index (χ3n) is 4.61. The summed E-state index contributed by atoms with van der Waals surface area (Å²) in [5, 5.41) is 9.73. The zero-order chi connectivity index (χ0) is 17.2. The van der Waals surface area contributed by atoms with Crippen molar-refractivity contribution in [3.63, 3.8) is 0 Å². The summed E-state index contributed by atoms with van der Waals surface area (Å²) in [6.07, 6.45) is 12.3. The van der Waals surface area contributed by atoms with E-state index in [0.29, 0.717) is 6.42 Å². The molecule has 0 radical (unpaired) electrons. The third-order valence-corrected chi connectivity index (χ3v) is 4.61. The van der Waals surface area contributed by atoms with Crippen LogP contribution in [0, 0.1) is 5.41 Å². The number of allylic oxidation sites excluding steroid dienone is 2. The first kappa shape index (κ1) is 16.2. The van der Waals surface area contributed by atoms with Crippen LogP contribution >= 0.6 is 0 Å². The fourth-order valence-electron chi connectivity index (χ4n) is 3.36. The van der Waals surface area contributed by atoms with Gasteiger partial charge in [-0.1, -0.05) is 37.3 Å². The molecule has 0 aliphatic heterocycles. The van der Waals surface area contributed by atoms with Crippen LogP contribution in [0.3, 0.4) is 0 Å². The summed E-state index contributed by atoms with van der Waals surface area (Å²) in [5.41, 5.74) is 1.46. The zero-order valence-electron chi connectivity index (χ0n) is 13.7. The lowest BCUT2D eigenvalue weighted by atomic mass is 9.78. The summed E-state index contributed by atoms with van der Waals surface area (Å²) in [6, 6.07) is 7.58. The van der Waals surface area contributed by atoms with Crippen molar-refractivity contribution in [2.75, 3.05) is 0 Å². The van der Waals surface area contributed by atoms with Crippen LogP contribution in [0.4, 0.5) is 0 Å². The van der Waals surface area contributed by atoms with Gasteiger partial charge in [0.05, 0.1) is 5.52 Å². The minimum Gasteiger partial charge on any atom is -0.478 e. The van der Waals surface area contributed by atoms with E-state index < -0.39 is 5.97 Å². The molecule has 4 nitrogen and oxygen atoms in total. The fourth-order valence-corrected chi connectivity index (χ4v) is 3.36. The van der Waals surface area contributed by atoms with Gasteiger partial charge in [0.25, 0.3) is 0 Å². The molecule has 1 unspecified atom stereocenters. The van der Waals surface area contributed by atoms with E-state index in [0.717, 1.165) is 41.8 Å². The smallest absolute Gasteiger partial charge is 0.328 e. The molecule has 0 spiro atoms. The van der Waals surface area contributed by atoms with Crippen LogP contribution in [-0.2, 0) is 4.79 Å². The molecule has 1 aromatic heterocycles. The van der Waals surface area contributed by atoms with Crippen LogP contribution in [0.2, 0.25) is 0 Å². The Morgan fingerprint density at radius 3 is 2.83 bits per heavy atom. The van der Waals surface area contributed by atoms with E-state index in [9.17, 15) is 9.59 Å². The summed E-state index contributed by atoms with van der Waals surface area (Å²) in [6.45, 7) is 2.12. The van der Waals surface area contributed by atoms with E-state index in [4.69, 9.17) is 5.11 Å². The van der Waals surface area contributed by atoms with E-state index in [1.165, 1.54) is 6.08 Å². The summed E-state index contributed by atoms with van der Waals surface area (Å²) in [5.74, 6) is -0.965. The molecule has 0 saturated heterocycles. The molecule has 1 atom stereocenters. The number of aliphatic carboxylic acids is 1. The Labute approximate surface area is 141 Å². The number of hydrogen-bond donors (Lipinski definition) is 1. The van der Waals surface area contributed by atoms with Gasteiger partial charge in [-0.2, -0.15) is 0 Å². The van der Waals surface area contributed by atoms with Crippen LogP contribution in [0.1, 0.15) is 43.0 Å². The van der Waals surface area contributed by atoms with Crippen LogP contribution in [0.25, 0.3) is 17.0 Å². The normalized spacial score (nSPS) is 20.7. The van der Waals surface area contributed by atoms with Gasteiger partial charge in [-0.3, -0.25) is 9.36 Å². The average molecular weight is 323 g/mol. The SMILES string of the molecule is CC1(CC(=O)n2cc(/C=C/C(=O)O)c3ccccc32)C=CCCC1. The van der Waals surface area contributed by atoms with E-state index in [2.05, 4.69) is 19.1 Å². The van der Waals surface area contributed by atoms with Gasteiger partial charge in [-0.15, -0.1) is 0 Å². The Morgan fingerprint density at radius 2 is 2.12 bits per heavy atom. The molecule has 124 valence electrons. The molecule has 1 aliphatic carbocycles. The standard InChI is InChI=1S/C20H21NO3/c1-20(11-5-2-6-12-20)13-18(22)21-14-15(9-10-19(23)24)16-7-3-4-8-17(16)21/h3-5,7-11,14H,2,6,12-13H2,1H3,(H,23,24)/b10-9+. The van der Waals surface area contributed by atoms with Crippen molar-refractivity contribution in [2.24, 2.45) is 5.41 Å². The van der Waals surface area contributed by atoms with Crippen molar-refractivity contribution in [1.82, 2.24) is 4.57 Å². The van der Waals surface area contributed by atoms with Crippen molar-refractivity contribution in [2.45, 2.75) is 32.6 Å². The van der Waals surface area contributed by atoms with Crippen molar-refractivity contribution in [1.29, 1.82) is 0 Å². The predicted octanol–water partition coefficient (Wildman–Crippen LogP) is 4.52. The maximum atomic E-state index is 12.9. The third kappa shape index (κ3) is 3.32. The van der Waals surface area contributed by atoms with Gasteiger partial charge >= 0.3 is 5.97 Å². The lowest BCUT2D eigenvalue weighted by molar-refractivity contribution is -0.131. The quantitative estimate of drug-likeness (QED) is 0.665. The molecular formula is C20H21NO3. The monoisotopic (exact) mass is 323 g/mol. The van der Waals surface area contributed by atoms with Gasteiger partial charge < -0.3 is 5.11 Å². The Morgan fingerprint density at radius 1 is 1.33 bits per heavy atom. The molecular weight excluding hydrogens is 302 g/mol. The number of benzene rings is 1. The van der Waals surface area contributed by atoms with Gasteiger partial charge in [-0.05, 0) is 36.8 Å². The zero-order valence-corrected chi connectivity index (χ0v) is 13.7. The largest absolute Gasteiger partial charge is 0.478 e. The maximum Gasteiger partial charge on any atom is 0.328 e.